The maximum Gasteiger partial charge on any atom is 0.123 e. The Morgan fingerprint density at radius 1 is 1.10 bits per heavy atom. The van der Waals surface area contributed by atoms with Crippen molar-refractivity contribution in [2.24, 2.45) is 5.73 Å². The van der Waals surface area contributed by atoms with Crippen molar-refractivity contribution >= 4 is 0 Å². The molecule has 1 saturated carbocycles. The van der Waals surface area contributed by atoms with Gasteiger partial charge in [-0.05, 0) is 37.0 Å². The van der Waals surface area contributed by atoms with Crippen molar-refractivity contribution in [3.8, 4) is 0 Å². The number of piperazine rings is 1. The SMILES string of the molecule is NC(CCN1CCN(C2CC2)CC1)c1ccc(F)cc1. The molecule has 3 rings (SSSR count). The minimum atomic E-state index is -0.197. The summed E-state index contributed by atoms with van der Waals surface area (Å²) in [6.07, 6.45) is 3.74. The van der Waals surface area contributed by atoms with Crippen molar-refractivity contribution in [2.75, 3.05) is 32.7 Å². The van der Waals surface area contributed by atoms with Crippen LogP contribution >= 0.6 is 0 Å². The zero-order valence-corrected chi connectivity index (χ0v) is 12.0. The lowest BCUT2D eigenvalue weighted by atomic mass is 10.0. The Labute approximate surface area is 120 Å². The molecule has 2 aliphatic rings. The number of hydrogen-bond donors (Lipinski definition) is 1. The number of nitrogens with zero attached hydrogens (tertiary/aromatic N) is 2. The second-order valence-corrected chi connectivity index (χ2v) is 6.06. The zero-order valence-electron chi connectivity index (χ0n) is 12.0. The molecule has 1 aliphatic heterocycles. The summed E-state index contributed by atoms with van der Waals surface area (Å²) in [5.41, 5.74) is 7.22. The molecular formula is C16H24FN3. The minimum absolute atomic E-state index is 0.0112. The summed E-state index contributed by atoms with van der Waals surface area (Å²) < 4.78 is 12.9. The maximum atomic E-state index is 12.9. The molecule has 20 heavy (non-hydrogen) atoms. The molecule has 110 valence electrons. The van der Waals surface area contributed by atoms with Crippen molar-refractivity contribution in [1.82, 2.24) is 9.80 Å². The Morgan fingerprint density at radius 3 is 2.35 bits per heavy atom. The third kappa shape index (κ3) is 3.57. The van der Waals surface area contributed by atoms with E-state index in [1.807, 2.05) is 0 Å². The van der Waals surface area contributed by atoms with Crippen LogP contribution < -0.4 is 5.73 Å². The van der Waals surface area contributed by atoms with Gasteiger partial charge in [-0.3, -0.25) is 4.90 Å². The summed E-state index contributed by atoms with van der Waals surface area (Å²) >= 11 is 0. The monoisotopic (exact) mass is 277 g/mol. The van der Waals surface area contributed by atoms with Gasteiger partial charge in [0.1, 0.15) is 5.82 Å². The van der Waals surface area contributed by atoms with E-state index in [1.165, 1.54) is 38.1 Å². The Morgan fingerprint density at radius 2 is 1.75 bits per heavy atom. The molecule has 0 bridgehead atoms. The lowest BCUT2D eigenvalue weighted by Gasteiger charge is -2.35. The van der Waals surface area contributed by atoms with E-state index in [0.717, 1.165) is 37.7 Å². The van der Waals surface area contributed by atoms with Crippen molar-refractivity contribution in [3.05, 3.63) is 35.6 Å². The Balaban J connectivity index is 1.41. The fourth-order valence-electron chi connectivity index (χ4n) is 2.99. The fourth-order valence-corrected chi connectivity index (χ4v) is 2.99. The maximum absolute atomic E-state index is 12.9. The molecule has 2 N–H and O–H groups in total. The van der Waals surface area contributed by atoms with E-state index < -0.39 is 0 Å². The van der Waals surface area contributed by atoms with E-state index in [9.17, 15) is 4.39 Å². The molecule has 1 atom stereocenters. The molecule has 0 amide bonds. The van der Waals surface area contributed by atoms with Crippen molar-refractivity contribution in [3.63, 3.8) is 0 Å². The third-order valence-electron chi connectivity index (χ3n) is 4.52. The third-order valence-corrected chi connectivity index (χ3v) is 4.52. The lowest BCUT2D eigenvalue weighted by molar-refractivity contribution is 0.124. The van der Waals surface area contributed by atoms with Gasteiger partial charge in [-0.2, -0.15) is 0 Å². The van der Waals surface area contributed by atoms with Crippen molar-refractivity contribution in [1.29, 1.82) is 0 Å². The van der Waals surface area contributed by atoms with Gasteiger partial charge in [0.25, 0.3) is 0 Å². The molecule has 1 aromatic rings. The topological polar surface area (TPSA) is 32.5 Å². The fraction of sp³-hybridized carbons (Fsp3) is 0.625. The van der Waals surface area contributed by atoms with E-state index in [-0.39, 0.29) is 11.9 Å². The van der Waals surface area contributed by atoms with Crippen LogP contribution in [-0.4, -0.2) is 48.6 Å². The van der Waals surface area contributed by atoms with Gasteiger partial charge >= 0.3 is 0 Å². The van der Waals surface area contributed by atoms with Crippen molar-refractivity contribution in [2.45, 2.75) is 31.3 Å². The van der Waals surface area contributed by atoms with E-state index in [1.54, 1.807) is 12.1 Å². The van der Waals surface area contributed by atoms with Crippen LogP contribution in [-0.2, 0) is 0 Å². The highest BCUT2D eigenvalue weighted by Gasteiger charge is 2.31. The summed E-state index contributed by atoms with van der Waals surface area (Å²) in [7, 11) is 0. The largest absolute Gasteiger partial charge is 0.324 e. The standard InChI is InChI=1S/C16H24FN3/c17-14-3-1-13(2-4-14)16(18)7-8-19-9-11-20(12-10-19)15-5-6-15/h1-4,15-16H,5-12,18H2. The number of halogens is 1. The van der Waals surface area contributed by atoms with Crippen LogP contribution in [0.4, 0.5) is 4.39 Å². The van der Waals surface area contributed by atoms with Gasteiger partial charge in [-0.15, -0.1) is 0 Å². The molecule has 0 radical (unpaired) electrons. The molecule has 4 heteroatoms. The zero-order chi connectivity index (χ0) is 13.9. The Kier molecular flexibility index (Phi) is 4.34. The summed E-state index contributed by atoms with van der Waals surface area (Å²) in [4.78, 5) is 5.12. The lowest BCUT2D eigenvalue weighted by Crippen LogP contribution is -2.47. The number of benzene rings is 1. The summed E-state index contributed by atoms with van der Waals surface area (Å²) in [6, 6.07) is 7.47. The molecule has 1 heterocycles. The van der Waals surface area contributed by atoms with E-state index in [0.29, 0.717) is 0 Å². The summed E-state index contributed by atoms with van der Waals surface area (Å²) in [6.45, 7) is 5.77. The van der Waals surface area contributed by atoms with Gasteiger partial charge in [0.2, 0.25) is 0 Å². The first-order valence-corrected chi connectivity index (χ1v) is 7.70. The van der Waals surface area contributed by atoms with Gasteiger partial charge in [0.15, 0.2) is 0 Å². The van der Waals surface area contributed by atoms with Crippen LogP contribution in [0.15, 0.2) is 24.3 Å². The molecule has 2 fully saturated rings. The normalized spacial score (nSPS) is 22.9. The van der Waals surface area contributed by atoms with E-state index in [2.05, 4.69) is 9.80 Å². The predicted molar refractivity (Wildman–Crippen MR) is 79.0 cm³/mol. The van der Waals surface area contributed by atoms with Crippen molar-refractivity contribution < 1.29 is 4.39 Å². The smallest absolute Gasteiger partial charge is 0.123 e. The molecule has 0 aromatic heterocycles. The van der Waals surface area contributed by atoms with Gasteiger partial charge in [-0.25, -0.2) is 4.39 Å². The number of rotatable bonds is 5. The average Bonchev–Trinajstić information content (AvgIpc) is 3.31. The molecule has 1 saturated heterocycles. The molecular weight excluding hydrogens is 253 g/mol. The molecule has 0 spiro atoms. The van der Waals surface area contributed by atoms with E-state index >= 15 is 0 Å². The number of nitrogens with two attached hydrogens (primary N) is 1. The summed E-state index contributed by atoms with van der Waals surface area (Å²) in [5.74, 6) is -0.197. The van der Waals surface area contributed by atoms with Crippen LogP contribution in [0.25, 0.3) is 0 Å². The van der Waals surface area contributed by atoms with Gasteiger partial charge in [0.05, 0.1) is 0 Å². The van der Waals surface area contributed by atoms with Crippen LogP contribution in [0.3, 0.4) is 0 Å². The van der Waals surface area contributed by atoms with Crippen LogP contribution in [0.2, 0.25) is 0 Å². The molecule has 1 aromatic carbocycles. The second-order valence-electron chi connectivity index (χ2n) is 6.06. The Bertz CT molecular complexity index is 422. The highest BCUT2D eigenvalue weighted by atomic mass is 19.1. The van der Waals surface area contributed by atoms with Crippen LogP contribution in [0.1, 0.15) is 30.9 Å². The highest BCUT2D eigenvalue weighted by Crippen LogP contribution is 2.27. The van der Waals surface area contributed by atoms with E-state index in [4.69, 9.17) is 5.73 Å². The highest BCUT2D eigenvalue weighted by molar-refractivity contribution is 5.19. The van der Waals surface area contributed by atoms with Gasteiger partial charge < -0.3 is 10.6 Å². The number of hydrogen-bond acceptors (Lipinski definition) is 3. The first kappa shape index (κ1) is 14.0. The van der Waals surface area contributed by atoms with Gasteiger partial charge in [-0.1, -0.05) is 12.1 Å². The minimum Gasteiger partial charge on any atom is -0.324 e. The van der Waals surface area contributed by atoms with Gasteiger partial charge in [0, 0.05) is 44.8 Å². The first-order valence-electron chi connectivity index (χ1n) is 7.70. The molecule has 1 unspecified atom stereocenters. The summed E-state index contributed by atoms with van der Waals surface area (Å²) in [5, 5.41) is 0. The quantitative estimate of drug-likeness (QED) is 0.893. The predicted octanol–water partition coefficient (Wildman–Crippen LogP) is 2.00. The first-order chi connectivity index (χ1) is 9.72. The molecule has 3 nitrogen and oxygen atoms in total. The Hall–Kier alpha value is -0.970. The van der Waals surface area contributed by atoms with Crippen LogP contribution in [0, 0.1) is 5.82 Å². The van der Waals surface area contributed by atoms with Crippen LogP contribution in [0.5, 0.6) is 0 Å². The average molecular weight is 277 g/mol. The molecule has 1 aliphatic carbocycles. The second kappa shape index (κ2) is 6.20.